The summed E-state index contributed by atoms with van der Waals surface area (Å²) in [6, 6.07) is 7.31. The maximum Gasteiger partial charge on any atom is 0.243 e. The van der Waals surface area contributed by atoms with Crippen LogP contribution >= 0.6 is 11.8 Å². The molecule has 1 aliphatic heterocycles. The lowest BCUT2D eigenvalue weighted by Gasteiger charge is -2.26. The average molecular weight is 309 g/mol. The molecule has 0 aromatic heterocycles. The van der Waals surface area contributed by atoms with Crippen molar-refractivity contribution in [2.24, 2.45) is 5.73 Å². The fourth-order valence-corrected chi connectivity index (χ4v) is 3.23. The minimum absolute atomic E-state index is 0.219. The first-order valence-corrected chi connectivity index (χ1v) is 8.29. The average Bonchev–Trinajstić information content (AvgIpc) is 2.49. The molecule has 1 aromatic rings. The molecule has 1 aliphatic rings. The fourth-order valence-electron chi connectivity index (χ4n) is 2.26. The molecule has 6 heteroatoms. The Labute approximate surface area is 130 Å². The van der Waals surface area contributed by atoms with E-state index in [1.54, 1.807) is 0 Å². The van der Waals surface area contributed by atoms with Crippen molar-refractivity contribution >= 4 is 23.4 Å². The molecule has 0 bridgehead atoms. The highest BCUT2D eigenvalue weighted by Gasteiger charge is 2.14. The second-order valence-electron chi connectivity index (χ2n) is 5.14. The molecule has 1 saturated heterocycles. The maximum absolute atomic E-state index is 11.9. The van der Waals surface area contributed by atoms with Crippen LogP contribution in [0.1, 0.15) is 5.56 Å². The molecular formula is C15H23N3O2S. The molecule has 1 fully saturated rings. The highest BCUT2D eigenvalue weighted by molar-refractivity contribution is 7.99. The quantitative estimate of drug-likeness (QED) is 0.825. The van der Waals surface area contributed by atoms with Crippen molar-refractivity contribution in [1.82, 2.24) is 4.90 Å². The van der Waals surface area contributed by atoms with E-state index in [-0.39, 0.29) is 12.5 Å². The van der Waals surface area contributed by atoms with Crippen LogP contribution in [0, 0.1) is 0 Å². The van der Waals surface area contributed by atoms with Crippen LogP contribution in [0.5, 0.6) is 0 Å². The largest absolute Gasteiger partial charge is 0.383 e. The summed E-state index contributed by atoms with van der Waals surface area (Å²) in [5, 5.41) is 2.84. The Hall–Kier alpha value is -1.08. The molecule has 5 nitrogen and oxygen atoms in total. The highest BCUT2D eigenvalue weighted by atomic mass is 32.2. The van der Waals surface area contributed by atoms with E-state index >= 15 is 0 Å². The van der Waals surface area contributed by atoms with Gasteiger partial charge in [0.2, 0.25) is 5.91 Å². The van der Waals surface area contributed by atoms with Gasteiger partial charge < -0.3 is 15.8 Å². The minimum atomic E-state index is -0.641. The van der Waals surface area contributed by atoms with Gasteiger partial charge in [0.25, 0.3) is 0 Å². The number of carbonyl (C=O) groups is 1. The van der Waals surface area contributed by atoms with Crippen LogP contribution in [0.2, 0.25) is 0 Å². The summed E-state index contributed by atoms with van der Waals surface area (Å²) in [5.74, 6) is 2.17. The van der Waals surface area contributed by atoms with Crippen molar-refractivity contribution in [2.75, 3.05) is 43.6 Å². The van der Waals surface area contributed by atoms with Gasteiger partial charge in [0, 0.05) is 43.9 Å². The molecule has 1 unspecified atom stereocenters. The molecule has 0 aliphatic carbocycles. The normalized spacial score (nSPS) is 17.4. The van der Waals surface area contributed by atoms with Crippen LogP contribution in [0.3, 0.4) is 0 Å². The fraction of sp³-hybridized carbons (Fsp3) is 0.533. The Kier molecular flexibility index (Phi) is 6.50. The molecule has 116 valence electrons. The zero-order valence-corrected chi connectivity index (χ0v) is 13.2. The van der Waals surface area contributed by atoms with Crippen LogP contribution in [-0.4, -0.2) is 55.2 Å². The van der Waals surface area contributed by atoms with Crippen molar-refractivity contribution in [3.63, 3.8) is 0 Å². The van der Waals surface area contributed by atoms with Gasteiger partial charge in [0.15, 0.2) is 0 Å². The summed E-state index contributed by atoms with van der Waals surface area (Å²) in [6.07, 6.45) is 0. The van der Waals surface area contributed by atoms with Gasteiger partial charge in [0.05, 0.1) is 6.61 Å². The van der Waals surface area contributed by atoms with E-state index < -0.39 is 6.04 Å². The number of methoxy groups -OCH3 is 1. The first kappa shape index (κ1) is 16.3. The monoisotopic (exact) mass is 309 g/mol. The first-order valence-electron chi connectivity index (χ1n) is 7.13. The lowest BCUT2D eigenvalue weighted by atomic mass is 10.1. The van der Waals surface area contributed by atoms with Crippen molar-refractivity contribution in [1.29, 1.82) is 0 Å². The standard InChI is InChI=1S/C15H23N3O2S/c1-20-11-14(16)15(19)17-13-4-2-3-12(9-13)10-18-5-7-21-8-6-18/h2-4,9,14H,5-8,10-11,16H2,1H3,(H,17,19). The van der Waals surface area contributed by atoms with E-state index in [4.69, 9.17) is 10.5 Å². The van der Waals surface area contributed by atoms with Gasteiger partial charge in [-0.15, -0.1) is 0 Å². The van der Waals surface area contributed by atoms with Crippen LogP contribution in [0.4, 0.5) is 5.69 Å². The topological polar surface area (TPSA) is 67.6 Å². The third-order valence-corrected chi connectivity index (χ3v) is 4.33. The molecule has 21 heavy (non-hydrogen) atoms. The van der Waals surface area contributed by atoms with E-state index in [1.807, 2.05) is 30.0 Å². The predicted octanol–water partition coefficient (Wildman–Crippen LogP) is 1.15. The predicted molar refractivity (Wildman–Crippen MR) is 87.5 cm³/mol. The number of nitrogens with zero attached hydrogens (tertiary/aromatic N) is 1. The third-order valence-electron chi connectivity index (χ3n) is 3.39. The second-order valence-corrected chi connectivity index (χ2v) is 6.36. The zero-order valence-electron chi connectivity index (χ0n) is 12.4. The lowest BCUT2D eigenvalue weighted by Crippen LogP contribution is -2.39. The van der Waals surface area contributed by atoms with E-state index in [0.29, 0.717) is 0 Å². The number of benzene rings is 1. The molecule has 1 aromatic carbocycles. The summed E-state index contributed by atoms with van der Waals surface area (Å²) < 4.78 is 4.89. The Balaban J connectivity index is 1.92. The number of nitrogens with one attached hydrogen (secondary N) is 1. The molecule has 3 N–H and O–H groups in total. The number of rotatable bonds is 6. The number of nitrogens with two attached hydrogens (primary N) is 1. The number of hydrogen-bond acceptors (Lipinski definition) is 5. The highest BCUT2D eigenvalue weighted by Crippen LogP contribution is 2.16. The molecule has 2 rings (SSSR count). The number of anilines is 1. The lowest BCUT2D eigenvalue weighted by molar-refractivity contribution is -0.118. The van der Waals surface area contributed by atoms with Gasteiger partial charge in [0.1, 0.15) is 6.04 Å². The number of ether oxygens (including phenoxy) is 1. The molecule has 1 heterocycles. The number of hydrogen-bond donors (Lipinski definition) is 2. The summed E-state index contributed by atoms with van der Waals surface area (Å²) in [6.45, 7) is 3.39. The Morgan fingerprint density at radius 3 is 2.95 bits per heavy atom. The van der Waals surface area contributed by atoms with Crippen molar-refractivity contribution in [2.45, 2.75) is 12.6 Å². The van der Waals surface area contributed by atoms with Gasteiger partial charge in [-0.05, 0) is 17.7 Å². The van der Waals surface area contributed by atoms with Crippen LogP contribution < -0.4 is 11.1 Å². The Bertz CT molecular complexity index is 464. The molecular weight excluding hydrogens is 286 g/mol. The van der Waals surface area contributed by atoms with Crippen molar-refractivity contribution < 1.29 is 9.53 Å². The van der Waals surface area contributed by atoms with Crippen LogP contribution in [0.15, 0.2) is 24.3 Å². The maximum atomic E-state index is 11.9. The summed E-state index contributed by atoms with van der Waals surface area (Å²) >= 11 is 2.00. The van der Waals surface area contributed by atoms with Gasteiger partial charge in [-0.1, -0.05) is 12.1 Å². The SMILES string of the molecule is COCC(N)C(=O)Nc1cccc(CN2CCSCC2)c1. The van der Waals surface area contributed by atoms with Gasteiger partial charge in [-0.25, -0.2) is 0 Å². The summed E-state index contributed by atoms with van der Waals surface area (Å²) in [4.78, 5) is 14.3. The molecule has 1 atom stereocenters. The minimum Gasteiger partial charge on any atom is -0.383 e. The molecule has 0 spiro atoms. The van der Waals surface area contributed by atoms with Crippen molar-refractivity contribution in [3.05, 3.63) is 29.8 Å². The number of carbonyl (C=O) groups excluding carboxylic acids is 1. The van der Waals surface area contributed by atoms with E-state index in [2.05, 4.69) is 16.3 Å². The van der Waals surface area contributed by atoms with E-state index in [1.165, 1.54) is 24.2 Å². The van der Waals surface area contributed by atoms with Gasteiger partial charge >= 0.3 is 0 Å². The van der Waals surface area contributed by atoms with Gasteiger partial charge in [-0.3, -0.25) is 9.69 Å². The third kappa shape index (κ3) is 5.32. The Morgan fingerprint density at radius 1 is 1.48 bits per heavy atom. The van der Waals surface area contributed by atoms with Gasteiger partial charge in [-0.2, -0.15) is 11.8 Å². The zero-order chi connectivity index (χ0) is 15.1. The summed E-state index contributed by atoms with van der Waals surface area (Å²) in [5.41, 5.74) is 7.71. The number of amides is 1. The molecule has 0 saturated carbocycles. The summed E-state index contributed by atoms with van der Waals surface area (Å²) in [7, 11) is 1.53. The van der Waals surface area contributed by atoms with E-state index in [9.17, 15) is 4.79 Å². The smallest absolute Gasteiger partial charge is 0.243 e. The number of thioether (sulfide) groups is 1. The molecule has 1 amide bonds. The second kappa shape index (κ2) is 8.38. The van der Waals surface area contributed by atoms with E-state index in [0.717, 1.165) is 25.3 Å². The Morgan fingerprint density at radius 2 is 2.24 bits per heavy atom. The first-order chi connectivity index (χ1) is 10.2. The van der Waals surface area contributed by atoms with Crippen LogP contribution in [-0.2, 0) is 16.1 Å². The molecule has 0 radical (unpaired) electrons. The van der Waals surface area contributed by atoms with Crippen molar-refractivity contribution in [3.8, 4) is 0 Å². The van der Waals surface area contributed by atoms with Crippen LogP contribution in [0.25, 0.3) is 0 Å².